The number of aryl methyl sites for hydroxylation is 1. The second-order valence-electron chi connectivity index (χ2n) is 10.7. The van der Waals surface area contributed by atoms with Crippen molar-refractivity contribution in [1.82, 2.24) is 9.55 Å². The fraction of sp³-hybridized carbons (Fsp3) is 0.370. The fourth-order valence-electron chi connectivity index (χ4n) is 4.60. The molecule has 3 heteroatoms. The van der Waals surface area contributed by atoms with Crippen LogP contribution < -0.4 is 5.19 Å². The fourth-order valence-corrected chi connectivity index (χ4v) is 6.18. The highest BCUT2D eigenvalue weighted by atomic mass is 28.3. The topological polar surface area (TPSA) is 17.8 Å². The van der Waals surface area contributed by atoms with Crippen molar-refractivity contribution in [2.75, 3.05) is 0 Å². The highest BCUT2D eigenvalue weighted by Gasteiger charge is 2.24. The van der Waals surface area contributed by atoms with Crippen molar-refractivity contribution in [2.45, 2.75) is 60.3 Å². The maximum atomic E-state index is 4.95. The maximum Gasteiger partial charge on any atom is 0.0799 e. The molecule has 0 fully saturated rings. The predicted molar refractivity (Wildman–Crippen MR) is 134 cm³/mol. The van der Waals surface area contributed by atoms with Gasteiger partial charge in [0.1, 0.15) is 0 Å². The third-order valence-corrected chi connectivity index (χ3v) is 7.97. The van der Waals surface area contributed by atoms with E-state index in [2.05, 4.69) is 107 Å². The standard InChI is InChI=1S/C27H34N2Si/c1-8-29-24-12-10-9-11-21(24)22-15-19(13-14-25(22)29)23-16-20(17-27(2,3)4)26(18-28-23)30(5,6)7/h9-16,18H,8,17H2,1-7H3. The zero-order valence-corrected chi connectivity index (χ0v) is 20.5. The number of pyridine rings is 1. The van der Waals surface area contributed by atoms with Gasteiger partial charge in [-0.25, -0.2) is 0 Å². The minimum absolute atomic E-state index is 0.255. The van der Waals surface area contributed by atoms with Gasteiger partial charge in [-0.1, -0.05) is 64.7 Å². The first kappa shape index (κ1) is 20.9. The molecule has 0 atom stereocenters. The Morgan fingerprint density at radius 3 is 2.27 bits per heavy atom. The number of benzene rings is 2. The number of rotatable bonds is 4. The first-order valence-corrected chi connectivity index (χ1v) is 14.6. The van der Waals surface area contributed by atoms with Gasteiger partial charge in [-0.3, -0.25) is 4.98 Å². The van der Waals surface area contributed by atoms with Crippen LogP contribution in [0.15, 0.2) is 54.7 Å². The van der Waals surface area contributed by atoms with Crippen molar-refractivity contribution in [3.63, 3.8) is 0 Å². The molecule has 2 aromatic carbocycles. The third kappa shape index (κ3) is 3.83. The van der Waals surface area contributed by atoms with Crippen LogP contribution in [0.2, 0.25) is 19.6 Å². The quantitative estimate of drug-likeness (QED) is 0.328. The molecule has 0 spiro atoms. The molecule has 0 amide bonds. The molecule has 0 saturated carbocycles. The lowest BCUT2D eigenvalue weighted by atomic mass is 9.88. The number of nitrogens with zero attached hydrogens (tertiary/aromatic N) is 2. The molecule has 0 aliphatic carbocycles. The summed E-state index contributed by atoms with van der Waals surface area (Å²) in [4.78, 5) is 4.95. The Bertz CT molecular complexity index is 1220. The summed E-state index contributed by atoms with van der Waals surface area (Å²) in [6.07, 6.45) is 3.25. The molecule has 0 bridgehead atoms. The number of hydrogen-bond donors (Lipinski definition) is 0. The highest BCUT2D eigenvalue weighted by Crippen LogP contribution is 2.33. The minimum atomic E-state index is -1.45. The van der Waals surface area contributed by atoms with Gasteiger partial charge in [0.15, 0.2) is 0 Å². The van der Waals surface area contributed by atoms with Crippen LogP contribution in [0, 0.1) is 5.41 Å². The second-order valence-corrected chi connectivity index (χ2v) is 15.7. The van der Waals surface area contributed by atoms with Crippen LogP contribution in [-0.4, -0.2) is 17.6 Å². The first-order valence-electron chi connectivity index (χ1n) is 11.1. The molecule has 2 heterocycles. The van der Waals surface area contributed by atoms with E-state index >= 15 is 0 Å². The molecule has 4 rings (SSSR count). The summed E-state index contributed by atoms with van der Waals surface area (Å²) in [5, 5.41) is 4.13. The van der Waals surface area contributed by atoms with Crippen LogP contribution in [0.25, 0.3) is 33.1 Å². The molecule has 4 aromatic rings. The molecule has 0 aliphatic heterocycles. The zero-order valence-electron chi connectivity index (χ0n) is 19.5. The molecule has 0 saturated heterocycles. The van der Waals surface area contributed by atoms with Crippen molar-refractivity contribution in [2.24, 2.45) is 5.41 Å². The zero-order chi connectivity index (χ0) is 21.7. The summed E-state index contributed by atoms with van der Waals surface area (Å²) >= 11 is 0. The van der Waals surface area contributed by atoms with Gasteiger partial charge in [-0.15, -0.1) is 0 Å². The lowest BCUT2D eigenvalue weighted by Crippen LogP contribution is -2.41. The van der Waals surface area contributed by atoms with Gasteiger partial charge < -0.3 is 4.57 Å². The van der Waals surface area contributed by atoms with Gasteiger partial charge in [0, 0.05) is 40.1 Å². The Labute approximate surface area is 182 Å². The molecular weight excluding hydrogens is 380 g/mol. The van der Waals surface area contributed by atoms with Crippen molar-refractivity contribution in [3.8, 4) is 11.3 Å². The van der Waals surface area contributed by atoms with E-state index in [1.54, 1.807) is 0 Å². The number of fused-ring (bicyclic) bond motifs is 3. The average molecular weight is 415 g/mol. The molecule has 156 valence electrons. The van der Waals surface area contributed by atoms with Gasteiger partial charge in [-0.2, -0.15) is 0 Å². The van der Waals surface area contributed by atoms with Crippen LogP contribution in [0.5, 0.6) is 0 Å². The second kappa shape index (κ2) is 7.38. The Hall–Kier alpha value is -2.39. The largest absolute Gasteiger partial charge is 0.341 e. The summed E-state index contributed by atoms with van der Waals surface area (Å²) in [5.41, 5.74) is 6.64. The van der Waals surface area contributed by atoms with Gasteiger partial charge in [0.25, 0.3) is 0 Å². The van der Waals surface area contributed by atoms with Crippen LogP contribution in [0.1, 0.15) is 33.3 Å². The normalized spacial score (nSPS) is 12.8. The van der Waals surface area contributed by atoms with Crippen molar-refractivity contribution in [1.29, 1.82) is 0 Å². The van der Waals surface area contributed by atoms with Crippen molar-refractivity contribution < 1.29 is 0 Å². The third-order valence-electron chi connectivity index (χ3n) is 5.90. The summed E-state index contributed by atoms with van der Waals surface area (Å²) in [7, 11) is -1.45. The lowest BCUT2D eigenvalue weighted by Gasteiger charge is -2.26. The molecule has 0 aliphatic rings. The van der Waals surface area contributed by atoms with E-state index in [1.807, 2.05) is 0 Å². The van der Waals surface area contributed by atoms with E-state index in [-0.39, 0.29) is 5.41 Å². The molecule has 0 radical (unpaired) electrons. The van der Waals surface area contributed by atoms with Crippen molar-refractivity contribution in [3.05, 3.63) is 60.3 Å². The van der Waals surface area contributed by atoms with E-state index < -0.39 is 8.07 Å². The predicted octanol–water partition coefficient (Wildman–Crippen LogP) is 7.01. The molecule has 2 nitrogen and oxygen atoms in total. The van der Waals surface area contributed by atoms with Crippen LogP contribution >= 0.6 is 0 Å². The smallest absolute Gasteiger partial charge is 0.0799 e. The molecule has 0 N–H and O–H groups in total. The van der Waals surface area contributed by atoms with Gasteiger partial charge in [-0.05, 0) is 53.8 Å². The van der Waals surface area contributed by atoms with E-state index in [9.17, 15) is 0 Å². The molecular formula is C27H34N2Si. The van der Waals surface area contributed by atoms with Crippen LogP contribution in [-0.2, 0) is 13.0 Å². The summed E-state index contributed by atoms with van der Waals surface area (Å²) in [6.45, 7) is 17.4. The Morgan fingerprint density at radius 1 is 0.900 bits per heavy atom. The maximum absolute atomic E-state index is 4.95. The molecule has 30 heavy (non-hydrogen) atoms. The Balaban J connectivity index is 1.90. The van der Waals surface area contributed by atoms with Gasteiger partial charge in [0.2, 0.25) is 0 Å². The SMILES string of the molecule is CCn1c2ccccc2c2cc(-c3cc(CC(C)(C)C)c([Si](C)(C)C)cn3)ccc21. The van der Waals surface area contributed by atoms with Gasteiger partial charge in [0.05, 0.1) is 13.8 Å². The number of para-hydroxylation sites is 1. The monoisotopic (exact) mass is 414 g/mol. The minimum Gasteiger partial charge on any atom is -0.341 e. The highest BCUT2D eigenvalue weighted by molar-refractivity contribution is 6.89. The Morgan fingerprint density at radius 2 is 1.60 bits per heavy atom. The van der Waals surface area contributed by atoms with Crippen LogP contribution in [0.4, 0.5) is 0 Å². The number of aromatic nitrogens is 2. The van der Waals surface area contributed by atoms with E-state index in [4.69, 9.17) is 4.98 Å². The van der Waals surface area contributed by atoms with E-state index in [0.29, 0.717) is 0 Å². The van der Waals surface area contributed by atoms with E-state index in [0.717, 1.165) is 18.7 Å². The summed E-state index contributed by atoms with van der Waals surface area (Å²) in [5.74, 6) is 0. The molecule has 2 aromatic heterocycles. The van der Waals surface area contributed by atoms with E-state index in [1.165, 1.54) is 38.1 Å². The summed E-state index contributed by atoms with van der Waals surface area (Å²) < 4.78 is 2.40. The average Bonchev–Trinajstić information content (AvgIpc) is 2.98. The Kier molecular flexibility index (Phi) is 5.14. The van der Waals surface area contributed by atoms with Crippen molar-refractivity contribution >= 4 is 35.1 Å². The number of hydrogen-bond acceptors (Lipinski definition) is 1. The first-order chi connectivity index (χ1) is 14.1. The van der Waals surface area contributed by atoms with Crippen LogP contribution in [0.3, 0.4) is 0 Å². The lowest BCUT2D eigenvalue weighted by molar-refractivity contribution is 0.412. The molecule has 0 unspecified atom stereocenters. The summed E-state index contributed by atoms with van der Waals surface area (Å²) in [6, 6.07) is 17.9. The van der Waals surface area contributed by atoms with Gasteiger partial charge >= 0.3 is 0 Å².